The molecule has 1 aromatic carbocycles. The molecule has 0 aromatic heterocycles. The molecule has 3 rings (SSSR count). The molecule has 1 amide bonds. The first-order valence-corrected chi connectivity index (χ1v) is 8.45. The summed E-state index contributed by atoms with van der Waals surface area (Å²) in [6.07, 6.45) is 2.44. The molecule has 0 saturated carbocycles. The number of likely N-dealkylation sites (N-methyl/N-ethyl adjacent to an activating group) is 1. The van der Waals surface area contributed by atoms with Crippen LogP contribution in [0.15, 0.2) is 30.3 Å². The number of carbonyl (C=O) groups is 2. The van der Waals surface area contributed by atoms with Crippen molar-refractivity contribution in [1.82, 2.24) is 9.80 Å². The van der Waals surface area contributed by atoms with Crippen molar-refractivity contribution in [3.05, 3.63) is 35.9 Å². The number of carbonyl (C=O) groups excluding carboxylic acids is 1. The first-order valence-electron chi connectivity index (χ1n) is 8.45. The van der Waals surface area contributed by atoms with Crippen LogP contribution in [0.5, 0.6) is 0 Å². The van der Waals surface area contributed by atoms with Gasteiger partial charge in [0.1, 0.15) is 12.1 Å². The minimum atomic E-state index is -1.17. The molecule has 2 atom stereocenters. The third-order valence-corrected chi connectivity index (χ3v) is 5.40. The van der Waals surface area contributed by atoms with Crippen molar-refractivity contribution in [3.8, 4) is 0 Å². The lowest BCUT2D eigenvalue weighted by molar-refractivity contribution is -0.154. The zero-order chi connectivity index (χ0) is 17.2. The third-order valence-electron chi connectivity index (χ3n) is 5.40. The van der Waals surface area contributed by atoms with Gasteiger partial charge in [-0.1, -0.05) is 30.3 Å². The zero-order valence-electron chi connectivity index (χ0n) is 14.0. The standard InChI is InChI=1S/C18H24N2O4/c1-19(17(23)24-13-14-6-3-2-4-7-14)18(16(21)22)9-11-20-10-5-8-15(20)12-18/h2-4,6-7,15H,5,8-13H2,1H3,(H,21,22). The number of aliphatic carboxylic acids is 1. The Hall–Kier alpha value is -2.08. The molecule has 2 aliphatic rings. The number of benzene rings is 1. The van der Waals surface area contributed by atoms with Crippen LogP contribution < -0.4 is 0 Å². The predicted octanol–water partition coefficient (Wildman–Crippen LogP) is 2.34. The van der Waals surface area contributed by atoms with Crippen LogP contribution in [0.25, 0.3) is 0 Å². The first-order chi connectivity index (χ1) is 11.5. The maximum atomic E-state index is 12.4. The second kappa shape index (κ2) is 6.81. The lowest BCUT2D eigenvalue weighted by Crippen LogP contribution is -2.62. The van der Waals surface area contributed by atoms with E-state index < -0.39 is 17.6 Å². The van der Waals surface area contributed by atoms with E-state index in [9.17, 15) is 14.7 Å². The van der Waals surface area contributed by atoms with Crippen molar-refractivity contribution in [2.45, 2.75) is 43.9 Å². The number of hydrogen-bond acceptors (Lipinski definition) is 4. The van der Waals surface area contributed by atoms with Gasteiger partial charge in [-0.3, -0.25) is 4.90 Å². The SMILES string of the molecule is CN(C(=O)OCc1ccccc1)C1(C(=O)O)CCN2CCCC2C1. The smallest absolute Gasteiger partial charge is 0.410 e. The van der Waals surface area contributed by atoms with E-state index in [4.69, 9.17) is 4.74 Å². The summed E-state index contributed by atoms with van der Waals surface area (Å²) in [5, 5.41) is 9.85. The minimum absolute atomic E-state index is 0.148. The highest BCUT2D eigenvalue weighted by Crippen LogP contribution is 2.37. The van der Waals surface area contributed by atoms with Crippen LogP contribution in [0.1, 0.15) is 31.2 Å². The van der Waals surface area contributed by atoms with E-state index in [1.54, 1.807) is 7.05 Å². The number of nitrogens with zero attached hydrogens (tertiary/aromatic N) is 2. The summed E-state index contributed by atoms with van der Waals surface area (Å²) in [7, 11) is 1.55. The van der Waals surface area contributed by atoms with Crippen LogP contribution >= 0.6 is 0 Å². The fraction of sp³-hybridized carbons (Fsp3) is 0.556. The molecule has 6 nitrogen and oxygen atoms in total. The number of hydrogen-bond donors (Lipinski definition) is 1. The summed E-state index contributed by atoms with van der Waals surface area (Å²) in [6.45, 7) is 1.89. The van der Waals surface area contributed by atoms with E-state index in [2.05, 4.69) is 4.90 Å². The second-order valence-corrected chi connectivity index (χ2v) is 6.72. The van der Waals surface area contributed by atoms with Crippen LogP contribution in [-0.4, -0.2) is 58.7 Å². The zero-order valence-corrected chi connectivity index (χ0v) is 14.0. The highest BCUT2D eigenvalue weighted by molar-refractivity contribution is 5.84. The monoisotopic (exact) mass is 332 g/mol. The van der Waals surface area contributed by atoms with Gasteiger partial charge in [0.25, 0.3) is 0 Å². The first kappa shape index (κ1) is 16.8. The molecule has 0 spiro atoms. The van der Waals surface area contributed by atoms with E-state index in [0.29, 0.717) is 19.4 Å². The minimum Gasteiger partial charge on any atom is -0.479 e. The molecule has 0 bridgehead atoms. The number of carboxylic acids is 1. The fourth-order valence-electron chi connectivity index (χ4n) is 3.87. The number of carboxylic acid groups (broad SMARTS) is 1. The molecule has 24 heavy (non-hydrogen) atoms. The van der Waals surface area contributed by atoms with Crippen molar-refractivity contribution in [3.63, 3.8) is 0 Å². The van der Waals surface area contributed by atoms with E-state index in [-0.39, 0.29) is 12.6 Å². The predicted molar refractivity (Wildman–Crippen MR) is 88.6 cm³/mol. The lowest BCUT2D eigenvalue weighted by atomic mass is 9.82. The largest absolute Gasteiger partial charge is 0.479 e. The molecule has 2 saturated heterocycles. The van der Waals surface area contributed by atoms with Gasteiger partial charge in [-0.2, -0.15) is 0 Å². The molecule has 1 aromatic rings. The summed E-state index contributed by atoms with van der Waals surface area (Å²) in [5.41, 5.74) is -0.284. The molecule has 1 N–H and O–H groups in total. The van der Waals surface area contributed by atoms with Gasteiger partial charge in [-0.25, -0.2) is 9.59 Å². The number of piperidine rings is 1. The van der Waals surface area contributed by atoms with Gasteiger partial charge < -0.3 is 14.7 Å². The summed E-state index contributed by atoms with van der Waals surface area (Å²) >= 11 is 0. The molecule has 2 heterocycles. The summed E-state index contributed by atoms with van der Waals surface area (Å²) in [6, 6.07) is 9.64. The number of ether oxygens (including phenoxy) is 1. The topological polar surface area (TPSA) is 70.1 Å². The highest BCUT2D eigenvalue weighted by atomic mass is 16.6. The third kappa shape index (κ3) is 3.11. The molecular formula is C18H24N2O4. The average molecular weight is 332 g/mol. The van der Waals surface area contributed by atoms with Crippen LogP contribution in [0.4, 0.5) is 4.79 Å². The fourth-order valence-corrected chi connectivity index (χ4v) is 3.87. The van der Waals surface area contributed by atoms with E-state index >= 15 is 0 Å². The van der Waals surface area contributed by atoms with E-state index in [0.717, 1.165) is 24.9 Å². The van der Waals surface area contributed by atoms with Crippen molar-refractivity contribution in [2.75, 3.05) is 20.1 Å². The van der Waals surface area contributed by atoms with Gasteiger partial charge in [0.15, 0.2) is 0 Å². The average Bonchev–Trinajstić information content (AvgIpc) is 3.07. The Labute approximate surface area is 142 Å². The molecule has 6 heteroatoms. The maximum absolute atomic E-state index is 12.4. The van der Waals surface area contributed by atoms with Gasteiger partial charge >= 0.3 is 12.1 Å². The lowest BCUT2D eigenvalue weighted by Gasteiger charge is -2.45. The molecule has 2 aliphatic heterocycles. The Morgan fingerprint density at radius 2 is 2.08 bits per heavy atom. The van der Waals surface area contributed by atoms with Crippen molar-refractivity contribution < 1.29 is 19.4 Å². The summed E-state index contributed by atoms with van der Waals surface area (Å²) < 4.78 is 5.34. The number of amides is 1. The van der Waals surface area contributed by atoms with Crippen LogP contribution in [-0.2, 0) is 16.1 Å². The Morgan fingerprint density at radius 3 is 2.79 bits per heavy atom. The van der Waals surface area contributed by atoms with Crippen molar-refractivity contribution in [1.29, 1.82) is 0 Å². The van der Waals surface area contributed by atoms with Gasteiger partial charge in [-0.05, 0) is 37.8 Å². The number of fused-ring (bicyclic) bond motifs is 1. The summed E-state index contributed by atoms with van der Waals surface area (Å²) in [5.74, 6) is -0.937. The maximum Gasteiger partial charge on any atom is 0.410 e. The number of rotatable bonds is 4. The van der Waals surface area contributed by atoms with Gasteiger partial charge in [0.2, 0.25) is 0 Å². The van der Waals surface area contributed by atoms with Crippen LogP contribution in [0.2, 0.25) is 0 Å². The normalized spacial score (nSPS) is 26.6. The van der Waals surface area contributed by atoms with Gasteiger partial charge in [0.05, 0.1) is 0 Å². The molecular weight excluding hydrogens is 308 g/mol. The van der Waals surface area contributed by atoms with Crippen LogP contribution in [0, 0.1) is 0 Å². The molecule has 0 aliphatic carbocycles. The van der Waals surface area contributed by atoms with Gasteiger partial charge in [-0.15, -0.1) is 0 Å². The molecule has 0 radical (unpaired) electrons. The molecule has 130 valence electrons. The van der Waals surface area contributed by atoms with E-state index in [1.807, 2.05) is 30.3 Å². The molecule has 2 unspecified atom stereocenters. The van der Waals surface area contributed by atoms with Gasteiger partial charge in [0, 0.05) is 19.6 Å². The Balaban J connectivity index is 1.68. The van der Waals surface area contributed by atoms with Crippen molar-refractivity contribution in [2.24, 2.45) is 0 Å². The van der Waals surface area contributed by atoms with Crippen LogP contribution in [0.3, 0.4) is 0 Å². The summed E-state index contributed by atoms with van der Waals surface area (Å²) in [4.78, 5) is 28.1. The van der Waals surface area contributed by atoms with Crippen molar-refractivity contribution >= 4 is 12.1 Å². The Morgan fingerprint density at radius 1 is 1.33 bits per heavy atom. The quantitative estimate of drug-likeness (QED) is 0.916. The Kier molecular flexibility index (Phi) is 4.76. The highest BCUT2D eigenvalue weighted by Gasteiger charge is 2.51. The Bertz CT molecular complexity index is 606. The molecule has 2 fully saturated rings. The van der Waals surface area contributed by atoms with E-state index in [1.165, 1.54) is 4.90 Å². The second-order valence-electron chi connectivity index (χ2n) is 6.72.